The van der Waals surface area contributed by atoms with E-state index in [2.05, 4.69) is 34.3 Å². The summed E-state index contributed by atoms with van der Waals surface area (Å²) in [5.41, 5.74) is 2.69. The summed E-state index contributed by atoms with van der Waals surface area (Å²) in [4.78, 5) is 6.82. The van der Waals surface area contributed by atoms with Crippen LogP contribution in [-0.2, 0) is 0 Å². The second-order valence-corrected chi connectivity index (χ2v) is 5.49. The fraction of sp³-hybridized carbons (Fsp3) is 0.412. The summed E-state index contributed by atoms with van der Waals surface area (Å²) in [6.07, 6.45) is 3.91. The van der Waals surface area contributed by atoms with E-state index in [9.17, 15) is 5.26 Å². The van der Waals surface area contributed by atoms with Crippen molar-refractivity contribution >= 4 is 16.6 Å². The fourth-order valence-electron chi connectivity index (χ4n) is 3.14. The van der Waals surface area contributed by atoms with Gasteiger partial charge in [-0.3, -0.25) is 4.98 Å². The van der Waals surface area contributed by atoms with E-state index in [1.807, 2.05) is 18.2 Å². The van der Waals surface area contributed by atoms with Crippen molar-refractivity contribution in [1.29, 1.82) is 5.26 Å². The van der Waals surface area contributed by atoms with Gasteiger partial charge in [0.05, 0.1) is 16.8 Å². The molecule has 0 amide bonds. The number of pyridine rings is 1. The Bertz CT molecular complexity index is 668. The summed E-state index contributed by atoms with van der Waals surface area (Å²) >= 11 is 0. The van der Waals surface area contributed by atoms with Gasteiger partial charge in [-0.25, -0.2) is 0 Å². The summed E-state index contributed by atoms with van der Waals surface area (Å²) in [5.74, 6) is 0. The average molecular weight is 280 g/mol. The molecule has 0 radical (unpaired) electrons. The second-order valence-electron chi connectivity index (χ2n) is 5.49. The van der Waals surface area contributed by atoms with E-state index in [1.54, 1.807) is 6.20 Å². The highest BCUT2D eigenvalue weighted by molar-refractivity contribution is 5.94. The van der Waals surface area contributed by atoms with E-state index in [0.29, 0.717) is 11.6 Å². The quantitative estimate of drug-likeness (QED) is 0.935. The van der Waals surface area contributed by atoms with Crippen LogP contribution in [0.5, 0.6) is 0 Å². The molecule has 0 saturated carbocycles. The summed E-state index contributed by atoms with van der Waals surface area (Å²) in [6, 6.07) is 10.9. The van der Waals surface area contributed by atoms with Crippen LogP contribution in [0.2, 0.25) is 0 Å². The lowest BCUT2D eigenvalue weighted by Crippen LogP contribution is -2.38. The summed E-state index contributed by atoms with van der Waals surface area (Å²) in [5, 5.41) is 14.0. The Hall–Kier alpha value is -2.12. The zero-order chi connectivity index (χ0) is 14.7. The molecule has 4 nitrogen and oxygen atoms in total. The van der Waals surface area contributed by atoms with Gasteiger partial charge in [0.1, 0.15) is 6.07 Å². The molecule has 1 unspecified atom stereocenters. The molecule has 1 saturated heterocycles. The second kappa shape index (κ2) is 6.11. The molecule has 2 heterocycles. The van der Waals surface area contributed by atoms with Gasteiger partial charge >= 0.3 is 0 Å². The number of para-hydroxylation sites is 1. The molecule has 21 heavy (non-hydrogen) atoms. The largest absolute Gasteiger partial charge is 0.366 e. The van der Waals surface area contributed by atoms with Crippen molar-refractivity contribution in [2.75, 3.05) is 24.5 Å². The summed E-state index contributed by atoms with van der Waals surface area (Å²) in [7, 11) is 0. The number of hydrogen-bond donors (Lipinski definition) is 1. The number of aromatic nitrogens is 1. The van der Waals surface area contributed by atoms with Crippen molar-refractivity contribution in [3.05, 3.63) is 36.0 Å². The van der Waals surface area contributed by atoms with Gasteiger partial charge in [-0.1, -0.05) is 25.1 Å². The zero-order valence-corrected chi connectivity index (χ0v) is 12.3. The Balaban J connectivity index is 2.17. The molecule has 1 aliphatic heterocycles. The van der Waals surface area contributed by atoms with Gasteiger partial charge in [-0.15, -0.1) is 0 Å². The normalized spacial score (nSPS) is 17.8. The van der Waals surface area contributed by atoms with Gasteiger partial charge in [0.25, 0.3) is 0 Å². The lowest BCUT2D eigenvalue weighted by atomic mass is 10.1. The van der Waals surface area contributed by atoms with Gasteiger partial charge in [-0.05, 0) is 25.5 Å². The molecule has 4 heteroatoms. The third kappa shape index (κ3) is 2.57. The molecule has 1 aromatic carbocycles. The number of nitrogens with one attached hydrogen (secondary N) is 1. The number of anilines is 1. The molecule has 108 valence electrons. The van der Waals surface area contributed by atoms with Crippen molar-refractivity contribution in [3.8, 4) is 6.07 Å². The molecule has 1 atom stereocenters. The maximum Gasteiger partial charge on any atom is 0.103 e. The topological polar surface area (TPSA) is 52.0 Å². The van der Waals surface area contributed by atoms with Crippen LogP contribution >= 0.6 is 0 Å². The maximum atomic E-state index is 9.51. The Morgan fingerprint density at radius 3 is 3.00 bits per heavy atom. The number of fused-ring (bicyclic) bond motifs is 1. The Morgan fingerprint density at radius 2 is 2.29 bits per heavy atom. The maximum absolute atomic E-state index is 9.51. The van der Waals surface area contributed by atoms with E-state index < -0.39 is 0 Å². The first-order chi connectivity index (χ1) is 10.3. The lowest BCUT2D eigenvalue weighted by molar-refractivity contribution is 0.626. The molecule has 0 spiro atoms. The van der Waals surface area contributed by atoms with E-state index >= 15 is 0 Å². The Kier molecular flexibility index (Phi) is 4.03. The number of nitriles is 1. The van der Waals surface area contributed by atoms with Crippen LogP contribution in [0.15, 0.2) is 30.5 Å². The summed E-state index contributed by atoms with van der Waals surface area (Å²) in [6.45, 7) is 5.19. The predicted octanol–water partition coefficient (Wildman–Crippen LogP) is 2.68. The van der Waals surface area contributed by atoms with Crippen LogP contribution in [-0.4, -0.2) is 30.7 Å². The molecule has 2 aromatic rings. The average Bonchev–Trinajstić information content (AvgIpc) is 3.06. The third-order valence-electron chi connectivity index (χ3n) is 4.09. The number of hydrogen-bond acceptors (Lipinski definition) is 4. The van der Waals surface area contributed by atoms with Gasteiger partial charge in [0.2, 0.25) is 0 Å². The molecule has 0 bridgehead atoms. The molecule has 1 aliphatic rings. The molecular formula is C17H20N4. The molecule has 0 aliphatic carbocycles. The van der Waals surface area contributed by atoms with Crippen molar-refractivity contribution < 1.29 is 0 Å². The molecule has 1 N–H and O–H groups in total. The van der Waals surface area contributed by atoms with E-state index in [0.717, 1.165) is 49.1 Å². The standard InChI is InChI=1S/C17H20N4/c1-2-9-21(14-7-8-19-12-14)17-13(10-18)11-20-16-6-4-3-5-15(16)17/h3-6,11,14,19H,2,7-9,12H2,1H3. The highest BCUT2D eigenvalue weighted by atomic mass is 15.2. The fourth-order valence-corrected chi connectivity index (χ4v) is 3.14. The third-order valence-corrected chi connectivity index (χ3v) is 4.09. The minimum atomic E-state index is 0.461. The smallest absolute Gasteiger partial charge is 0.103 e. The van der Waals surface area contributed by atoms with E-state index in [-0.39, 0.29) is 0 Å². The molecule has 3 rings (SSSR count). The minimum absolute atomic E-state index is 0.461. The van der Waals surface area contributed by atoms with Gasteiger partial charge in [0, 0.05) is 30.7 Å². The monoisotopic (exact) mass is 280 g/mol. The lowest BCUT2D eigenvalue weighted by Gasteiger charge is -2.32. The minimum Gasteiger partial charge on any atom is -0.366 e. The van der Waals surface area contributed by atoms with Crippen LogP contribution in [0.25, 0.3) is 10.9 Å². The number of nitrogens with zero attached hydrogens (tertiary/aromatic N) is 3. The first-order valence-corrected chi connectivity index (χ1v) is 7.60. The van der Waals surface area contributed by atoms with Gasteiger partial charge in [-0.2, -0.15) is 5.26 Å². The highest BCUT2D eigenvalue weighted by Crippen LogP contribution is 2.31. The van der Waals surface area contributed by atoms with Crippen LogP contribution in [0.1, 0.15) is 25.3 Å². The highest BCUT2D eigenvalue weighted by Gasteiger charge is 2.25. The number of benzene rings is 1. The summed E-state index contributed by atoms with van der Waals surface area (Å²) < 4.78 is 0. The van der Waals surface area contributed by atoms with Crippen molar-refractivity contribution in [3.63, 3.8) is 0 Å². The predicted molar refractivity (Wildman–Crippen MR) is 85.4 cm³/mol. The number of rotatable bonds is 4. The van der Waals surface area contributed by atoms with E-state index in [1.165, 1.54) is 0 Å². The van der Waals surface area contributed by atoms with Crippen molar-refractivity contribution in [1.82, 2.24) is 10.3 Å². The van der Waals surface area contributed by atoms with Crippen LogP contribution in [0.4, 0.5) is 5.69 Å². The molecule has 1 aromatic heterocycles. The van der Waals surface area contributed by atoms with Crippen LogP contribution in [0.3, 0.4) is 0 Å². The van der Waals surface area contributed by atoms with Crippen LogP contribution < -0.4 is 10.2 Å². The van der Waals surface area contributed by atoms with Gasteiger partial charge in [0.15, 0.2) is 0 Å². The van der Waals surface area contributed by atoms with Crippen LogP contribution in [0, 0.1) is 11.3 Å². The van der Waals surface area contributed by atoms with Crippen molar-refractivity contribution in [2.24, 2.45) is 0 Å². The first kappa shape index (κ1) is 13.8. The molecule has 1 fully saturated rings. The first-order valence-electron chi connectivity index (χ1n) is 7.60. The SMILES string of the molecule is CCCN(c1c(C#N)cnc2ccccc12)C1CCNC1. The van der Waals surface area contributed by atoms with Crippen molar-refractivity contribution in [2.45, 2.75) is 25.8 Å². The van der Waals surface area contributed by atoms with Gasteiger partial charge < -0.3 is 10.2 Å². The van der Waals surface area contributed by atoms with E-state index in [4.69, 9.17) is 0 Å². The Labute approximate surface area is 125 Å². The zero-order valence-electron chi connectivity index (χ0n) is 12.3. The molecular weight excluding hydrogens is 260 g/mol. The Morgan fingerprint density at radius 1 is 1.43 bits per heavy atom.